The summed E-state index contributed by atoms with van der Waals surface area (Å²) in [5, 5.41) is 10.2. The van der Waals surface area contributed by atoms with Crippen molar-refractivity contribution in [1.29, 1.82) is 0 Å². The monoisotopic (exact) mass is 396 g/mol. The number of amides is 1. The van der Waals surface area contributed by atoms with Crippen molar-refractivity contribution < 1.29 is 4.79 Å². The van der Waals surface area contributed by atoms with E-state index in [0.717, 1.165) is 23.2 Å². The Morgan fingerprint density at radius 3 is 2.46 bits per heavy atom. The summed E-state index contributed by atoms with van der Waals surface area (Å²) in [6.07, 6.45) is 2.32. The summed E-state index contributed by atoms with van der Waals surface area (Å²) < 4.78 is 1.35. The van der Waals surface area contributed by atoms with E-state index in [9.17, 15) is 9.59 Å². The van der Waals surface area contributed by atoms with Crippen molar-refractivity contribution in [3.05, 3.63) is 87.3 Å². The Hall–Kier alpha value is -3.12. The van der Waals surface area contributed by atoms with Gasteiger partial charge in [-0.3, -0.25) is 9.59 Å². The molecule has 7 heteroatoms. The SMILES string of the molecule is CC(=O)Nc1ccc(CCNc2cnn(Cc3ccccc3)c(=O)c2Cl)cc1. The standard InChI is InChI=1S/C21H21ClN4O2/c1-15(27)25-18-9-7-16(8-10-18)11-12-23-19-13-24-26(21(28)20(19)22)14-17-5-3-2-4-6-17/h2-10,13,23H,11-12,14H2,1H3,(H,25,27). The summed E-state index contributed by atoms with van der Waals surface area (Å²) in [5.41, 5.74) is 3.04. The van der Waals surface area contributed by atoms with Gasteiger partial charge in [0.2, 0.25) is 5.91 Å². The Morgan fingerprint density at radius 2 is 1.79 bits per heavy atom. The van der Waals surface area contributed by atoms with Crippen LogP contribution >= 0.6 is 11.6 Å². The first-order valence-corrected chi connectivity index (χ1v) is 9.30. The molecule has 1 aromatic heterocycles. The molecule has 6 nitrogen and oxygen atoms in total. The molecule has 0 fully saturated rings. The Morgan fingerprint density at radius 1 is 1.07 bits per heavy atom. The number of hydrogen-bond acceptors (Lipinski definition) is 4. The Balaban J connectivity index is 1.59. The fourth-order valence-electron chi connectivity index (χ4n) is 2.76. The minimum atomic E-state index is -0.324. The van der Waals surface area contributed by atoms with Crippen LogP contribution in [-0.2, 0) is 17.8 Å². The van der Waals surface area contributed by atoms with E-state index < -0.39 is 0 Å². The van der Waals surface area contributed by atoms with Crippen LogP contribution in [0.25, 0.3) is 0 Å². The van der Waals surface area contributed by atoms with Gasteiger partial charge >= 0.3 is 0 Å². The van der Waals surface area contributed by atoms with Crippen LogP contribution in [-0.4, -0.2) is 22.2 Å². The molecule has 0 radical (unpaired) electrons. The van der Waals surface area contributed by atoms with Crippen LogP contribution in [0.3, 0.4) is 0 Å². The van der Waals surface area contributed by atoms with Crippen molar-refractivity contribution in [1.82, 2.24) is 9.78 Å². The van der Waals surface area contributed by atoms with Gasteiger partial charge in [0.15, 0.2) is 0 Å². The first-order chi connectivity index (χ1) is 13.5. The topological polar surface area (TPSA) is 76.0 Å². The van der Waals surface area contributed by atoms with Crippen LogP contribution in [0.15, 0.2) is 65.6 Å². The van der Waals surface area contributed by atoms with Crippen LogP contribution < -0.4 is 16.2 Å². The van der Waals surface area contributed by atoms with Crippen LogP contribution in [0.5, 0.6) is 0 Å². The van der Waals surface area contributed by atoms with Crippen LogP contribution in [0.1, 0.15) is 18.1 Å². The predicted molar refractivity (Wildman–Crippen MR) is 112 cm³/mol. The molecule has 0 aliphatic carbocycles. The number of nitrogens with one attached hydrogen (secondary N) is 2. The zero-order chi connectivity index (χ0) is 19.9. The van der Waals surface area contributed by atoms with Gasteiger partial charge < -0.3 is 10.6 Å². The molecule has 0 atom stereocenters. The molecule has 3 aromatic rings. The normalized spacial score (nSPS) is 10.5. The van der Waals surface area contributed by atoms with E-state index in [0.29, 0.717) is 18.8 Å². The van der Waals surface area contributed by atoms with Gasteiger partial charge in [0.1, 0.15) is 5.02 Å². The fourth-order valence-corrected chi connectivity index (χ4v) is 2.97. The molecular formula is C21H21ClN4O2. The first-order valence-electron chi connectivity index (χ1n) is 8.93. The Kier molecular flexibility index (Phi) is 6.45. The third kappa shape index (κ3) is 5.20. The van der Waals surface area contributed by atoms with Crippen molar-refractivity contribution in [3.8, 4) is 0 Å². The molecule has 144 valence electrons. The van der Waals surface area contributed by atoms with Crippen LogP contribution in [0.2, 0.25) is 5.02 Å². The second-order valence-corrected chi connectivity index (χ2v) is 6.75. The van der Waals surface area contributed by atoms with E-state index in [4.69, 9.17) is 11.6 Å². The third-order valence-corrected chi connectivity index (χ3v) is 4.53. The average molecular weight is 397 g/mol. The number of benzene rings is 2. The van der Waals surface area contributed by atoms with Crippen molar-refractivity contribution in [2.75, 3.05) is 17.2 Å². The first kappa shape index (κ1) is 19.6. The van der Waals surface area contributed by atoms with E-state index >= 15 is 0 Å². The molecule has 2 aromatic carbocycles. The molecule has 3 rings (SSSR count). The third-order valence-electron chi connectivity index (χ3n) is 4.16. The molecule has 0 bridgehead atoms. The second kappa shape index (κ2) is 9.19. The molecular weight excluding hydrogens is 376 g/mol. The number of anilines is 2. The van der Waals surface area contributed by atoms with Gasteiger partial charge in [0.25, 0.3) is 5.56 Å². The van der Waals surface area contributed by atoms with Gasteiger partial charge in [-0.1, -0.05) is 54.1 Å². The molecule has 1 heterocycles. The van der Waals surface area contributed by atoms with E-state index in [1.165, 1.54) is 11.6 Å². The van der Waals surface area contributed by atoms with Gasteiger partial charge in [0.05, 0.1) is 18.4 Å². The zero-order valence-corrected chi connectivity index (χ0v) is 16.2. The summed E-state index contributed by atoms with van der Waals surface area (Å²) in [4.78, 5) is 23.5. The van der Waals surface area contributed by atoms with Crippen molar-refractivity contribution in [2.24, 2.45) is 0 Å². The number of carbonyl (C=O) groups is 1. The molecule has 0 unspecified atom stereocenters. The molecule has 2 N–H and O–H groups in total. The van der Waals surface area contributed by atoms with Gasteiger partial charge in [-0.2, -0.15) is 5.10 Å². The highest BCUT2D eigenvalue weighted by Gasteiger charge is 2.09. The molecule has 0 spiro atoms. The van der Waals surface area contributed by atoms with Crippen molar-refractivity contribution in [3.63, 3.8) is 0 Å². The number of aromatic nitrogens is 2. The van der Waals surface area contributed by atoms with Gasteiger partial charge in [-0.15, -0.1) is 0 Å². The summed E-state index contributed by atoms with van der Waals surface area (Å²) in [7, 11) is 0. The van der Waals surface area contributed by atoms with Crippen molar-refractivity contribution in [2.45, 2.75) is 19.9 Å². The minimum Gasteiger partial charge on any atom is -0.382 e. The molecule has 0 saturated carbocycles. The Bertz CT molecular complexity index is 1000. The minimum absolute atomic E-state index is 0.0986. The molecule has 28 heavy (non-hydrogen) atoms. The summed E-state index contributed by atoms with van der Waals surface area (Å²) >= 11 is 6.24. The fraction of sp³-hybridized carbons (Fsp3) is 0.190. The van der Waals surface area contributed by atoms with E-state index in [1.54, 1.807) is 6.20 Å². The number of nitrogens with zero attached hydrogens (tertiary/aromatic N) is 2. The molecule has 0 aliphatic heterocycles. The number of carbonyl (C=O) groups excluding carboxylic acids is 1. The van der Waals surface area contributed by atoms with Crippen LogP contribution in [0.4, 0.5) is 11.4 Å². The second-order valence-electron chi connectivity index (χ2n) is 6.38. The zero-order valence-electron chi connectivity index (χ0n) is 15.5. The van der Waals surface area contributed by atoms with E-state index in [2.05, 4.69) is 15.7 Å². The quantitative estimate of drug-likeness (QED) is 0.640. The van der Waals surface area contributed by atoms with Gasteiger partial charge in [-0.25, -0.2) is 4.68 Å². The highest BCUT2D eigenvalue weighted by atomic mass is 35.5. The predicted octanol–water partition coefficient (Wildman–Crippen LogP) is 3.56. The lowest BCUT2D eigenvalue weighted by Gasteiger charge is -2.11. The number of rotatable bonds is 7. The van der Waals surface area contributed by atoms with Crippen LogP contribution in [0, 0.1) is 0 Å². The maximum absolute atomic E-state index is 12.4. The lowest BCUT2D eigenvalue weighted by molar-refractivity contribution is -0.114. The summed E-state index contributed by atoms with van der Waals surface area (Å²) in [5.74, 6) is -0.0986. The lowest BCUT2D eigenvalue weighted by Crippen LogP contribution is -2.25. The lowest BCUT2D eigenvalue weighted by atomic mass is 10.1. The summed E-state index contributed by atoms with van der Waals surface area (Å²) in [6.45, 7) is 2.45. The summed E-state index contributed by atoms with van der Waals surface area (Å²) in [6, 6.07) is 17.2. The number of halogens is 1. The molecule has 0 aliphatic rings. The highest BCUT2D eigenvalue weighted by Crippen LogP contribution is 2.16. The largest absolute Gasteiger partial charge is 0.382 e. The maximum Gasteiger partial charge on any atom is 0.287 e. The average Bonchev–Trinajstić information content (AvgIpc) is 2.69. The molecule has 0 saturated heterocycles. The number of hydrogen-bond donors (Lipinski definition) is 2. The van der Waals surface area contributed by atoms with Gasteiger partial charge in [-0.05, 0) is 29.7 Å². The maximum atomic E-state index is 12.4. The van der Waals surface area contributed by atoms with E-state index in [1.807, 2.05) is 54.6 Å². The Labute approximate surface area is 168 Å². The molecule has 1 amide bonds. The van der Waals surface area contributed by atoms with Crippen molar-refractivity contribution >= 4 is 28.9 Å². The van der Waals surface area contributed by atoms with Gasteiger partial charge in [0, 0.05) is 19.2 Å². The highest BCUT2D eigenvalue weighted by molar-refractivity contribution is 6.32. The smallest absolute Gasteiger partial charge is 0.287 e. The van der Waals surface area contributed by atoms with E-state index in [-0.39, 0.29) is 16.5 Å².